The number of alkyl carbamates (subject to hydrolysis) is 1. The van der Waals surface area contributed by atoms with Gasteiger partial charge in [0, 0.05) is 13.1 Å². The van der Waals surface area contributed by atoms with Gasteiger partial charge in [0.25, 0.3) is 0 Å². The number of anilines is 1. The average Bonchev–Trinajstić information content (AvgIpc) is 2.79. The lowest BCUT2D eigenvalue weighted by Gasteiger charge is -2.19. The molecule has 0 bridgehead atoms. The van der Waals surface area contributed by atoms with E-state index in [1.165, 1.54) is 5.56 Å². The molecule has 22 heavy (non-hydrogen) atoms. The molecule has 0 aliphatic rings. The summed E-state index contributed by atoms with van der Waals surface area (Å²) in [5.74, 6) is 0.848. The van der Waals surface area contributed by atoms with Crippen molar-refractivity contribution in [1.82, 2.24) is 15.3 Å². The van der Waals surface area contributed by atoms with Gasteiger partial charge in [0.05, 0.1) is 5.39 Å². The second-order valence-corrected chi connectivity index (χ2v) is 6.89. The molecule has 0 fully saturated rings. The molecule has 120 valence electrons. The van der Waals surface area contributed by atoms with Crippen molar-refractivity contribution in [3.05, 3.63) is 17.3 Å². The van der Waals surface area contributed by atoms with Crippen LogP contribution in [0.5, 0.6) is 0 Å². The smallest absolute Gasteiger partial charge is 0.407 e. The first kappa shape index (κ1) is 16.5. The van der Waals surface area contributed by atoms with Crippen molar-refractivity contribution in [2.24, 2.45) is 0 Å². The Labute approximate surface area is 134 Å². The predicted molar refractivity (Wildman–Crippen MR) is 89.5 cm³/mol. The summed E-state index contributed by atoms with van der Waals surface area (Å²) in [6.07, 6.45) is 1.97. The second-order valence-electron chi connectivity index (χ2n) is 6.03. The molecule has 0 aliphatic heterocycles. The Bertz CT molecular complexity index is 649. The number of thiophene rings is 1. The van der Waals surface area contributed by atoms with E-state index in [0.29, 0.717) is 6.54 Å². The molecular weight excluding hydrogens is 300 g/mol. The maximum absolute atomic E-state index is 11.5. The minimum atomic E-state index is -0.467. The normalized spacial score (nSPS) is 11.5. The second kappa shape index (κ2) is 6.91. The Balaban J connectivity index is 1.77. The number of hydrogen-bond donors (Lipinski definition) is 2. The van der Waals surface area contributed by atoms with E-state index in [2.05, 4.69) is 32.9 Å². The van der Waals surface area contributed by atoms with Gasteiger partial charge < -0.3 is 15.4 Å². The fourth-order valence-electron chi connectivity index (χ4n) is 1.95. The molecule has 2 aromatic heterocycles. The molecule has 2 rings (SSSR count). The van der Waals surface area contributed by atoms with Crippen molar-refractivity contribution >= 4 is 33.5 Å². The van der Waals surface area contributed by atoms with Gasteiger partial charge in [-0.25, -0.2) is 14.8 Å². The summed E-state index contributed by atoms with van der Waals surface area (Å²) in [4.78, 5) is 21.0. The SMILES string of the molecule is Cc1csc2ncnc(NCCCNC(=O)OC(C)(C)C)c12. The van der Waals surface area contributed by atoms with E-state index in [-0.39, 0.29) is 6.09 Å². The molecule has 0 atom stereocenters. The van der Waals surface area contributed by atoms with Gasteiger partial charge in [0.1, 0.15) is 22.6 Å². The van der Waals surface area contributed by atoms with E-state index in [9.17, 15) is 4.79 Å². The average molecular weight is 322 g/mol. The molecule has 7 heteroatoms. The Morgan fingerprint density at radius 1 is 1.32 bits per heavy atom. The molecule has 1 amide bonds. The van der Waals surface area contributed by atoms with Gasteiger partial charge >= 0.3 is 6.09 Å². The Morgan fingerprint density at radius 2 is 2.09 bits per heavy atom. The predicted octanol–water partition coefficient (Wildman–Crippen LogP) is 3.33. The molecule has 0 spiro atoms. The van der Waals surface area contributed by atoms with Crippen LogP contribution in [0.3, 0.4) is 0 Å². The molecular formula is C15H22N4O2S. The number of amides is 1. The highest BCUT2D eigenvalue weighted by molar-refractivity contribution is 7.17. The minimum absolute atomic E-state index is 0.384. The molecule has 0 saturated heterocycles. The van der Waals surface area contributed by atoms with E-state index in [0.717, 1.165) is 29.0 Å². The molecule has 0 aromatic carbocycles. The fraction of sp³-hybridized carbons (Fsp3) is 0.533. The monoisotopic (exact) mass is 322 g/mol. The zero-order valence-electron chi connectivity index (χ0n) is 13.4. The fourth-order valence-corrected chi connectivity index (χ4v) is 2.84. The van der Waals surface area contributed by atoms with Crippen molar-refractivity contribution < 1.29 is 9.53 Å². The van der Waals surface area contributed by atoms with Crippen LogP contribution in [0.25, 0.3) is 10.2 Å². The molecule has 0 unspecified atom stereocenters. The van der Waals surface area contributed by atoms with E-state index in [4.69, 9.17) is 4.74 Å². The number of nitrogens with zero attached hydrogens (tertiary/aromatic N) is 2. The van der Waals surface area contributed by atoms with E-state index in [1.807, 2.05) is 20.8 Å². The van der Waals surface area contributed by atoms with Gasteiger partial charge in [-0.15, -0.1) is 11.3 Å². The van der Waals surface area contributed by atoms with Crippen molar-refractivity contribution in [2.75, 3.05) is 18.4 Å². The minimum Gasteiger partial charge on any atom is -0.444 e. The summed E-state index contributed by atoms with van der Waals surface area (Å²) in [5, 5.41) is 9.19. The highest BCUT2D eigenvalue weighted by Crippen LogP contribution is 2.28. The number of carbonyl (C=O) groups excluding carboxylic acids is 1. The Morgan fingerprint density at radius 3 is 2.82 bits per heavy atom. The highest BCUT2D eigenvalue weighted by atomic mass is 32.1. The van der Waals surface area contributed by atoms with Crippen molar-refractivity contribution in [3.63, 3.8) is 0 Å². The number of rotatable bonds is 5. The van der Waals surface area contributed by atoms with Crippen LogP contribution in [0.1, 0.15) is 32.8 Å². The summed E-state index contributed by atoms with van der Waals surface area (Å²) in [5.41, 5.74) is 0.709. The van der Waals surface area contributed by atoms with Gasteiger partial charge in [0.15, 0.2) is 0 Å². The van der Waals surface area contributed by atoms with Crippen molar-refractivity contribution in [1.29, 1.82) is 0 Å². The number of nitrogens with one attached hydrogen (secondary N) is 2. The lowest BCUT2D eigenvalue weighted by molar-refractivity contribution is 0.0528. The maximum atomic E-state index is 11.5. The molecule has 0 aliphatic carbocycles. The molecule has 0 saturated carbocycles. The zero-order valence-corrected chi connectivity index (χ0v) is 14.2. The van der Waals surface area contributed by atoms with Crippen LogP contribution < -0.4 is 10.6 Å². The third kappa shape index (κ3) is 4.56. The van der Waals surface area contributed by atoms with Crippen LogP contribution in [0.4, 0.5) is 10.6 Å². The highest BCUT2D eigenvalue weighted by Gasteiger charge is 2.15. The molecule has 2 heterocycles. The van der Waals surface area contributed by atoms with Crippen LogP contribution in [0.15, 0.2) is 11.7 Å². The van der Waals surface area contributed by atoms with Crippen LogP contribution in [-0.2, 0) is 4.74 Å². The number of aromatic nitrogens is 2. The largest absolute Gasteiger partial charge is 0.444 e. The summed E-state index contributed by atoms with van der Waals surface area (Å²) >= 11 is 1.62. The van der Waals surface area contributed by atoms with E-state index < -0.39 is 5.60 Å². The number of fused-ring (bicyclic) bond motifs is 1. The number of ether oxygens (including phenoxy) is 1. The summed E-state index contributed by atoms with van der Waals surface area (Å²) in [6, 6.07) is 0. The van der Waals surface area contributed by atoms with E-state index >= 15 is 0 Å². The molecule has 2 aromatic rings. The van der Waals surface area contributed by atoms with Gasteiger partial charge in [-0.2, -0.15) is 0 Å². The Kier molecular flexibility index (Phi) is 5.18. The zero-order chi connectivity index (χ0) is 16.2. The van der Waals surface area contributed by atoms with Crippen LogP contribution in [-0.4, -0.2) is 34.8 Å². The van der Waals surface area contributed by atoms with E-state index in [1.54, 1.807) is 17.7 Å². The molecule has 2 N–H and O–H groups in total. The first-order valence-corrected chi connectivity index (χ1v) is 8.14. The topological polar surface area (TPSA) is 76.1 Å². The number of hydrogen-bond acceptors (Lipinski definition) is 6. The first-order valence-electron chi connectivity index (χ1n) is 7.26. The third-order valence-corrected chi connectivity index (χ3v) is 3.87. The summed E-state index contributed by atoms with van der Waals surface area (Å²) < 4.78 is 5.18. The van der Waals surface area contributed by atoms with Gasteiger partial charge in [-0.3, -0.25) is 0 Å². The first-order chi connectivity index (χ1) is 10.4. The Hall–Kier alpha value is -1.89. The van der Waals surface area contributed by atoms with Gasteiger partial charge in [-0.1, -0.05) is 0 Å². The van der Waals surface area contributed by atoms with Crippen LogP contribution >= 0.6 is 11.3 Å². The lowest BCUT2D eigenvalue weighted by Crippen LogP contribution is -2.33. The number of aryl methyl sites for hydroxylation is 1. The lowest BCUT2D eigenvalue weighted by atomic mass is 10.2. The quantitative estimate of drug-likeness (QED) is 0.826. The molecule has 6 nitrogen and oxygen atoms in total. The standard InChI is InChI=1S/C15H22N4O2S/c1-10-8-22-13-11(10)12(18-9-19-13)16-6-5-7-17-14(20)21-15(2,3)4/h8-9H,5-7H2,1-4H3,(H,17,20)(H,16,18,19). The van der Waals surface area contributed by atoms with Crippen LogP contribution in [0.2, 0.25) is 0 Å². The molecule has 0 radical (unpaired) electrons. The van der Waals surface area contributed by atoms with Gasteiger partial charge in [0.2, 0.25) is 0 Å². The maximum Gasteiger partial charge on any atom is 0.407 e. The summed E-state index contributed by atoms with van der Waals surface area (Å²) in [7, 11) is 0. The van der Waals surface area contributed by atoms with Crippen molar-refractivity contribution in [3.8, 4) is 0 Å². The van der Waals surface area contributed by atoms with Crippen molar-refractivity contribution in [2.45, 2.75) is 39.7 Å². The number of carbonyl (C=O) groups is 1. The van der Waals surface area contributed by atoms with Gasteiger partial charge in [-0.05, 0) is 45.1 Å². The summed E-state index contributed by atoms with van der Waals surface area (Å²) in [6.45, 7) is 8.86. The third-order valence-electron chi connectivity index (χ3n) is 2.87. The van der Waals surface area contributed by atoms with Crippen LogP contribution in [0, 0.1) is 6.92 Å².